The van der Waals surface area contributed by atoms with Crippen LogP contribution in [0.15, 0.2) is 47.4 Å². The van der Waals surface area contributed by atoms with E-state index in [0.29, 0.717) is 29.4 Å². The van der Waals surface area contributed by atoms with E-state index in [-0.39, 0.29) is 10.6 Å². The lowest BCUT2D eigenvalue weighted by Gasteiger charge is -2.16. The van der Waals surface area contributed by atoms with Gasteiger partial charge in [-0.05, 0) is 49.4 Å². The van der Waals surface area contributed by atoms with Crippen LogP contribution in [-0.4, -0.2) is 53.6 Å². The van der Waals surface area contributed by atoms with Gasteiger partial charge in [-0.3, -0.25) is 4.79 Å². The summed E-state index contributed by atoms with van der Waals surface area (Å²) < 4.78 is 42.2. The molecule has 2 aromatic carbocycles. The lowest BCUT2D eigenvalue weighted by Crippen LogP contribution is -2.23. The molecule has 0 fully saturated rings. The molecular weight excluding hydrogens is 408 g/mol. The molecule has 0 spiro atoms. The van der Waals surface area contributed by atoms with Gasteiger partial charge in [0.15, 0.2) is 0 Å². The number of carbonyl (C=O) groups is 1. The maximum atomic E-state index is 12.6. The first kappa shape index (κ1) is 23.2. The van der Waals surface area contributed by atoms with Crippen LogP contribution < -0.4 is 19.5 Å². The Labute approximate surface area is 177 Å². The Kier molecular flexibility index (Phi) is 7.85. The number of methoxy groups -OCH3 is 2. The number of rotatable bonds is 9. The van der Waals surface area contributed by atoms with Crippen molar-refractivity contribution in [2.45, 2.75) is 11.8 Å². The third-order valence-corrected chi connectivity index (χ3v) is 5.96. The first-order valence-corrected chi connectivity index (χ1v) is 10.6. The van der Waals surface area contributed by atoms with E-state index in [1.807, 2.05) is 0 Å². The highest BCUT2D eigenvalue weighted by atomic mass is 32.2. The van der Waals surface area contributed by atoms with Gasteiger partial charge in [0.05, 0.1) is 20.8 Å². The number of benzene rings is 2. The van der Waals surface area contributed by atoms with Crippen molar-refractivity contribution in [3.8, 4) is 17.2 Å². The molecule has 30 heavy (non-hydrogen) atoms. The predicted octanol–water partition coefficient (Wildman–Crippen LogP) is 3.00. The van der Waals surface area contributed by atoms with Crippen LogP contribution in [0.4, 0.5) is 5.69 Å². The Balaban J connectivity index is 2.28. The lowest BCUT2D eigenvalue weighted by molar-refractivity contribution is -0.111. The second kappa shape index (κ2) is 10.1. The number of anilines is 1. The average molecular weight is 435 g/mol. The Bertz CT molecular complexity index is 1030. The van der Waals surface area contributed by atoms with Crippen molar-refractivity contribution in [2.75, 3.05) is 40.2 Å². The molecular formula is C21H26N2O6S. The lowest BCUT2D eigenvalue weighted by atomic mass is 10.1. The SMILES string of the molecule is CCOc1ccc(NC(=O)/C=C/c2cc(OC)ccc2OC)cc1S(=O)(=O)N(C)C. The third-order valence-electron chi connectivity index (χ3n) is 4.12. The fourth-order valence-electron chi connectivity index (χ4n) is 2.58. The van der Waals surface area contributed by atoms with Gasteiger partial charge in [-0.25, -0.2) is 12.7 Å². The van der Waals surface area contributed by atoms with Crippen LogP contribution in [-0.2, 0) is 14.8 Å². The molecule has 0 unspecified atom stereocenters. The van der Waals surface area contributed by atoms with E-state index in [9.17, 15) is 13.2 Å². The van der Waals surface area contributed by atoms with Crippen molar-refractivity contribution in [1.29, 1.82) is 0 Å². The maximum absolute atomic E-state index is 12.6. The summed E-state index contributed by atoms with van der Waals surface area (Å²) in [4.78, 5) is 12.4. The zero-order chi connectivity index (χ0) is 22.3. The summed E-state index contributed by atoms with van der Waals surface area (Å²) in [7, 11) is 2.19. The summed E-state index contributed by atoms with van der Waals surface area (Å²) in [6.45, 7) is 2.08. The molecule has 0 saturated heterocycles. The van der Waals surface area contributed by atoms with Gasteiger partial charge in [0.2, 0.25) is 15.9 Å². The molecule has 0 radical (unpaired) electrons. The fraction of sp³-hybridized carbons (Fsp3) is 0.286. The van der Waals surface area contributed by atoms with Crippen LogP contribution in [0.1, 0.15) is 12.5 Å². The van der Waals surface area contributed by atoms with E-state index >= 15 is 0 Å². The van der Waals surface area contributed by atoms with Gasteiger partial charge in [0.1, 0.15) is 22.1 Å². The molecule has 9 heteroatoms. The molecule has 0 saturated carbocycles. The van der Waals surface area contributed by atoms with E-state index in [0.717, 1.165) is 4.31 Å². The molecule has 0 bridgehead atoms. The summed E-state index contributed by atoms with van der Waals surface area (Å²) in [6, 6.07) is 9.70. The standard InChI is InChI=1S/C21H26N2O6S/c1-6-29-19-10-8-16(14-20(19)30(25,26)23(2)3)22-21(24)12-7-15-13-17(27-4)9-11-18(15)28-5/h7-14H,6H2,1-5H3,(H,22,24)/b12-7+. The van der Waals surface area contributed by atoms with E-state index in [2.05, 4.69) is 5.32 Å². The van der Waals surface area contributed by atoms with E-state index in [4.69, 9.17) is 14.2 Å². The number of hydrogen-bond acceptors (Lipinski definition) is 6. The predicted molar refractivity (Wildman–Crippen MR) is 116 cm³/mol. The second-order valence-electron chi connectivity index (χ2n) is 6.31. The van der Waals surface area contributed by atoms with Crippen LogP contribution >= 0.6 is 0 Å². The molecule has 0 heterocycles. The highest BCUT2D eigenvalue weighted by molar-refractivity contribution is 7.89. The number of hydrogen-bond donors (Lipinski definition) is 1. The monoisotopic (exact) mass is 434 g/mol. The van der Waals surface area contributed by atoms with Crippen molar-refractivity contribution in [3.05, 3.63) is 48.0 Å². The quantitative estimate of drug-likeness (QED) is 0.610. The molecule has 162 valence electrons. The number of nitrogens with zero attached hydrogens (tertiary/aromatic N) is 1. The Morgan fingerprint density at radius 2 is 1.77 bits per heavy atom. The Morgan fingerprint density at radius 3 is 2.37 bits per heavy atom. The molecule has 0 aliphatic rings. The number of ether oxygens (including phenoxy) is 3. The van der Waals surface area contributed by atoms with Gasteiger partial charge in [-0.1, -0.05) is 0 Å². The number of nitrogens with one attached hydrogen (secondary N) is 1. The van der Waals surface area contributed by atoms with E-state index < -0.39 is 15.9 Å². The minimum atomic E-state index is -3.75. The van der Waals surface area contributed by atoms with Crippen molar-refractivity contribution < 1.29 is 27.4 Å². The highest BCUT2D eigenvalue weighted by Gasteiger charge is 2.23. The molecule has 2 aromatic rings. The van der Waals surface area contributed by atoms with E-state index in [1.165, 1.54) is 39.4 Å². The smallest absolute Gasteiger partial charge is 0.248 e. The zero-order valence-corrected chi connectivity index (χ0v) is 18.4. The topological polar surface area (TPSA) is 94.2 Å². The molecule has 1 N–H and O–H groups in total. The van der Waals surface area contributed by atoms with Crippen LogP contribution in [0, 0.1) is 0 Å². The first-order chi connectivity index (χ1) is 14.2. The van der Waals surface area contributed by atoms with Crippen molar-refractivity contribution in [1.82, 2.24) is 4.31 Å². The van der Waals surface area contributed by atoms with Gasteiger partial charge in [0, 0.05) is 31.4 Å². The molecule has 0 aromatic heterocycles. The number of carbonyl (C=O) groups excluding carboxylic acids is 1. The van der Waals surface area contributed by atoms with Crippen LogP contribution in [0.25, 0.3) is 6.08 Å². The minimum absolute atomic E-state index is 0.0226. The molecule has 0 aliphatic heterocycles. The maximum Gasteiger partial charge on any atom is 0.248 e. The summed E-state index contributed by atoms with van der Waals surface area (Å²) in [6.07, 6.45) is 2.91. The molecule has 1 amide bonds. The third kappa shape index (κ3) is 5.52. The van der Waals surface area contributed by atoms with Crippen molar-refractivity contribution in [2.24, 2.45) is 0 Å². The van der Waals surface area contributed by atoms with Crippen LogP contribution in [0.5, 0.6) is 17.2 Å². The summed E-state index contributed by atoms with van der Waals surface area (Å²) >= 11 is 0. The van der Waals surface area contributed by atoms with Gasteiger partial charge >= 0.3 is 0 Å². The zero-order valence-electron chi connectivity index (χ0n) is 17.6. The fourth-order valence-corrected chi connectivity index (χ4v) is 3.63. The van der Waals surface area contributed by atoms with Gasteiger partial charge < -0.3 is 19.5 Å². The Morgan fingerprint density at radius 1 is 1.07 bits per heavy atom. The first-order valence-electron chi connectivity index (χ1n) is 9.13. The van der Waals surface area contributed by atoms with Crippen molar-refractivity contribution in [3.63, 3.8) is 0 Å². The van der Waals surface area contributed by atoms with Crippen LogP contribution in [0.3, 0.4) is 0 Å². The summed E-state index contributed by atoms with van der Waals surface area (Å²) in [5, 5.41) is 2.66. The normalized spacial score (nSPS) is 11.5. The van der Waals surface area contributed by atoms with Gasteiger partial charge in [-0.2, -0.15) is 0 Å². The molecule has 8 nitrogen and oxygen atoms in total. The molecule has 0 aliphatic carbocycles. The van der Waals surface area contributed by atoms with Crippen molar-refractivity contribution >= 4 is 27.7 Å². The number of sulfonamides is 1. The van der Waals surface area contributed by atoms with E-state index in [1.54, 1.807) is 44.4 Å². The number of amides is 1. The van der Waals surface area contributed by atoms with Crippen LogP contribution in [0.2, 0.25) is 0 Å². The highest BCUT2D eigenvalue weighted by Crippen LogP contribution is 2.29. The average Bonchev–Trinajstić information content (AvgIpc) is 2.73. The molecule has 2 rings (SSSR count). The van der Waals surface area contributed by atoms with Gasteiger partial charge in [-0.15, -0.1) is 0 Å². The summed E-state index contributed by atoms with van der Waals surface area (Å²) in [5.74, 6) is 0.999. The second-order valence-corrected chi connectivity index (χ2v) is 8.43. The Hall–Kier alpha value is -3.04. The minimum Gasteiger partial charge on any atom is -0.497 e. The van der Waals surface area contributed by atoms with Gasteiger partial charge in [0.25, 0.3) is 0 Å². The molecule has 0 atom stereocenters. The summed E-state index contributed by atoms with van der Waals surface area (Å²) in [5.41, 5.74) is 0.987. The largest absolute Gasteiger partial charge is 0.497 e.